The van der Waals surface area contributed by atoms with Crippen LogP contribution in [0.15, 0.2) is 23.3 Å². The quantitative estimate of drug-likeness (QED) is 0.634. The molecule has 0 radical (unpaired) electrons. The topological polar surface area (TPSA) is 55.8 Å². The SMILES string of the molecule is CC(=O)C1=CC=C2[C@@H]3CCC4CCCC[C@]4(C)[C@H]3CC[C@]12C(O)OC1CCCCO1. The lowest BCUT2D eigenvalue weighted by Crippen LogP contribution is -2.54. The molecule has 4 heteroatoms. The van der Waals surface area contributed by atoms with E-state index in [-0.39, 0.29) is 12.1 Å². The molecule has 0 aromatic heterocycles. The summed E-state index contributed by atoms with van der Waals surface area (Å²) in [5.74, 6) is 2.02. The fourth-order valence-corrected chi connectivity index (χ4v) is 7.99. The van der Waals surface area contributed by atoms with E-state index in [1.54, 1.807) is 6.92 Å². The Kier molecular flexibility index (Phi) is 5.48. The average Bonchev–Trinajstić information content (AvgIpc) is 3.15. The zero-order chi connectivity index (χ0) is 20.9. The largest absolute Gasteiger partial charge is 0.367 e. The monoisotopic (exact) mass is 414 g/mol. The molecule has 5 aliphatic rings. The Morgan fingerprint density at radius 2 is 1.93 bits per heavy atom. The maximum absolute atomic E-state index is 12.7. The minimum absolute atomic E-state index is 0.0597. The van der Waals surface area contributed by atoms with E-state index in [1.165, 1.54) is 44.1 Å². The molecule has 0 bridgehead atoms. The van der Waals surface area contributed by atoms with E-state index < -0.39 is 11.7 Å². The van der Waals surface area contributed by atoms with Crippen LogP contribution in [0.2, 0.25) is 0 Å². The normalized spacial score (nSPS) is 44.2. The van der Waals surface area contributed by atoms with Gasteiger partial charge in [0.25, 0.3) is 0 Å². The van der Waals surface area contributed by atoms with Crippen LogP contribution >= 0.6 is 0 Å². The number of carbonyl (C=O) groups excluding carboxylic acids is 1. The van der Waals surface area contributed by atoms with Gasteiger partial charge in [-0.05, 0) is 87.9 Å². The van der Waals surface area contributed by atoms with Crippen molar-refractivity contribution < 1.29 is 19.4 Å². The van der Waals surface area contributed by atoms with Crippen molar-refractivity contribution in [3.63, 3.8) is 0 Å². The molecule has 3 unspecified atom stereocenters. The molecule has 30 heavy (non-hydrogen) atoms. The zero-order valence-electron chi connectivity index (χ0n) is 18.7. The summed E-state index contributed by atoms with van der Waals surface area (Å²) in [5, 5.41) is 11.5. The summed E-state index contributed by atoms with van der Waals surface area (Å²) in [4.78, 5) is 12.7. The molecule has 3 saturated carbocycles. The lowest BCUT2D eigenvalue weighted by atomic mass is 9.46. The number of aliphatic hydroxyl groups is 1. The Morgan fingerprint density at radius 3 is 2.70 bits per heavy atom. The second kappa shape index (κ2) is 7.86. The van der Waals surface area contributed by atoms with Crippen LogP contribution in [0, 0.1) is 28.6 Å². The van der Waals surface area contributed by atoms with Gasteiger partial charge in [-0.25, -0.2) is 0 Å². The Hall–Kier alpha value is -0.970. The maximum Gasteiger partial charge on any atom is 0.171 e. The number of fused-ring (bicyclic) bond motifs is 5. The lowest BCUT2D eigenvalue weighted by molar-refractivity contribution is -0.269. The minimum Gasteiger partial charge on any atom is -0.367 e. The van der Waals surface area contributed by atoms with Crippen molar-refractivity contribution in [2.75, 3.05) is 6.61 Å². The number of hydrogen-bond donors (Lipinski definition) is 1. The molecule has 0 spiro atoms. The zero-order valence-corrected chi connectivity index (χ0v) is 18.7. The summed E-state index contributed by atoms with van der Waals surface area (Å²) in [5.41, 5.74) is 1.75. The van der Waals surface area contributed by atoms with Crippen molar-refractivity contribution >= 4 is 5.78 Å². The molecular formula is C26H38O4. The molecule has 0 amide bonds. The summed E-state index contributed by atoms with van der Waals surface area (Å²) >= 11 is 0. The van der Waals surface area contributed by atoms with Crippen molar-refractivity contribution in [3.05, 3.63) is 23.3 Å². The molecule has 1 heterocycles. The summed E-state index contributed by atoms with van der Waals surface area (Å²) in [6.45, 7) is 4.87. The number of aliphatic hydroxyl groups excluding tert-OH is 1. The predicted molar refractivity (Wildman–Crippen MR) is 115 cm³/mol. The summed E-state index contributed by atoms with van der Waals surface area (Å²) < 4.78 is 11.9. The van der Waals surface area contributed by atoms with Crippen molar-refractivity contribution in [3.8, 4) is 0 Å². The van der Waals surface area contributed by atoms with Gasteiger partial charge in [0.15, 0.2) is 18.4 Å². The third-order valence-electron chi connectivity index (χ3n) is 9.50. The number of ketones is 1. The summed E-state index contributed by atoms with van der Waals surface area (Å²) in [7, 11) is 0. The number of rotatable bonds is 4. The molecule has 4 nitrogen and oxygen atoms in total. The van der Waals surface area contributed by atoms with E-state index >= 15 is 0 Å². The minimum atomic E-state index is -1.01. The Labute approximate surface area is 181 Å². The highest BCUT2D eigenvalue weighted by molar-refractivity contribution is 5.97. The first-order valence-electron chi connectivity index (χ1n) is 12.4. The molecule has 166 valence electrons. The molecule has 1 aliphatic heterocycles. The van der Waals surface area contributed by atoms with E-state index in [9.17, 15) is 9.90 Å². The molecule has 1 saturated heterocycles. The molecule has 5 rings (SSSR count). The molecule has 4 fully saturated rings. The van der Waals surface area contributed by atoms with E-state index in [2.05, 4.69) is 13.0 Å². The van der Waals surface area contributed by atoms with Gasteiger partial charge >= 0.3 is 0 Å². The first kappa shape index (κ1) is 20.9. The van der Waals surface area contributed by atoms with Crippen LogP contribution in [0.1, 0.15) is 84.5 Å². The van der Waals surface area contributed by atoms with Gasteiger partial charge in [-0.3, -0.25) is 4.79 Å². The van der Waals surface area contributed by atoms with Crippen LogP contribution in [-0.4, -0.2) is 30.1 Å². The second-order valence-corrected chi connectivity index (χ2v) is 10.8. The number of ether oxygens (including phenoxy) is 2. The predicted octanol–water partition coefficient (Wildman–Crippen LogP) is 5.31. The number of allylic oxidation sites excluding steroid dienone is 2. The fourth-order valence-electron chi connectivity index (χ4n) is 7.99. The third-order valence-corrected chi connectivity index (χ3v) is 9.50. The number of hydrogen-bond acceptors (Lipinski definition) is 4. The van der Waals surface area contributed by atoms with Crippen LogP contribution in [-0.2, 0) is 14.3 Å². The van der Waals surface area contributed by atoms with Gasteiger partial charge in [0.05, 0.1) is 5.41 Å². The first-order chi connectivity index (χ1) is 14.5. The average molecular weight is 415 g/mol. The fraction of sp³-hybridized carbons (Fsp3) is 0.808. The van der Waals surface area contributed by atoms with E-state index in [1.807, 2.05) is 6.08 Å². The highest BCUT2D eigenvalue weighted by Gasteiger charge is 2.60. The smallest absolute Gasteiger partial charge is 0.171 e. The maximum atomic E-state index is 12.7. The highest BCUT2D eigenvalue weighted by Crippen LogP contribution is 2.66. The third kappa shape index (κ3) is 3.09. The molecule has 1 N–H and O–H groups in total. The standard InChI is InChI=1S/C26H38O4/c1-17(27)20-11-12-22-19-10-9-18-7-3-5-14-25(18,2)21(19)13-15-26(20,22)24(28)30-23-8-4-6-16-29-23/h11-12,18-19,21,23-24,28H,3-10,13-16H2,1-2H3/t18?,19-,21+,23?,24?,25+,26+/m1/s1. The lowest BCUT2D eigenvalue weighted by Gasteiger charge is -2.59. The molecular weight excluding hydrogens is 376 g/mol. The second-order valence-electron chi connectivity index (χ2n) is 10.8. The van der Waals surface area contributed by atoms with Crippen molar-refractivity contribution in [1.82, 2.24) is 0 Å². The van der Waals surface area contributed by atoms with Crippen molar-refractivity contribution in [1.29, 1.82) is 0 Å². The van der Waals surface area contributed by atoms with E-state index in [0.29, 0.717) is 23.9 Å². The van der Waals surface area contributed by atoms with Crippen molar-refractivity contribution in [2.45, 2.75) is 97.1 Å². The van der Waals surface area contributed by atoms with Crippen LogP contribution < -0.4 is 0 Å². The molecule has 0 aromatic carbocycles. The van der Waals surface area contributed by atoms with Gasteiger partial charge in [-0.15, -0.1) is 0 Å². The van der Waals surface area contributed by atoms with Gasteiger partial charge in [0, 0.05) is 12.2 Å². The Bertz CT molecular complexity index is 748. The van der Waals surface area contributed by atoms with Crippen LogP contribution in [0.25, 0.3) is 0 Å². The van der Waals surface area contributed by atoms with Gasteiger partial charge in [0.1, 0.15) is 0 Å². The molecule has 0 aromatic rings. The van der Waals surface area contributed by atoms with E-state index in [4.69, 9.17) is 9.47 Å². The number of Topliss-reactive ketones (excluding diaryl/α,β-unsaturated/α-hetero) is 1. The Balaban J connectivity index is 1.45. The molecule has 4 aliphatic carbocycles. The van der Waals surface area contributed by atoms with Crippen LogP contribution in [0.3, 0.4) is 0 Å². The van der Waals surface area contributed by atoms with Crippen LogP contribution in [0.4, 0.5) is 0 Å². The van der Waals surface area contributed by atoms with Gasteiger partial charge in [0.2, 0.25) is 0 Å². The molecule has 7 atom stereocenters. The van der Waals surface area contributed by atoms with Crippen molar-refractivity contribution in [2.24, 2.45) is 28.6 Å². The highest BCUT2D eigenvalue weighted by atomic mass is 16.7. The van der Waals surface area contributed by atoms with Gasteiger partial charge < -0.3 is 14.6 Å². The van der Waals surface area contributed by atoms with Gasteiger partial charge in [-0.1, -0.05) is 37.5 Å². The summed E-state index contributed by atoms with van der Waals surface area (Å²) in [6.07, 6.45) is 15.5. The first-order valence-corrected chi connectivity index (χ1v) is 12.4. The summed E-state index contributed by atoms with van der Waals surface area (Å²) in [6, 6.07) is 0. The number of carbonyl (C=O) groups is 1. The van der Waals surface area contributed by atoms with Gasteiger partial charge in [-0.2, -0.15) is 0 Å². The van der Waals surface area contributed by atoms with E-state index in [0.717, 1.165) is 43.6 Å². The van der Waals surface area contributed by atoms with Crippen LogP contribution in [0.5, 0.6) is 0 Å². The Morgan fingerprint density at radius 1 is 1.10 bits per heavy atom.